The second-order valence-electron chi connectivity index (χ2n) is 5.89. The zero-order valence-electron chi connectivity index (χ0n) is 14.8. The Morgan fingerprint density at radius 2 is 1.86 bits per heavy atom. The van der Waals surface area contributed by atoms with E-state index in [1.165, 1.54) is 42.6 Å². The minimum absolute atomic E-state index is 0.125. The topological polar surface area (TPSA) is 137 Å². The van der Waals surface area contributed by atoms with Crippen LogP contribution in [0.2, 0.25) is 0 Å². The molecule has 0 fully saturated rings. The van der Waals surface area contributed by atoms with Crippen LogP contribution in [0.25, 0.3) is 0 Å². The number of halogens is 1. The van der Waals surface area contributed by atoms with Gasteiger partial charge in [0.1, 0.15) is 17.3 Å². The van der Waals surface area contributed by atoms with Gasteiger partial charge >= 0.3 is 0 Å². The van der Waals surface area contributed by atoms with Crippen molar-refractivity contribution in [2.24, 2.45) is 5.14 Å². The van der Waals surface area contributed by atoms with Gasteiger partial charge < -0.3 is 10.1 Å². The minimum Gasteiger partial charge on any atom is -0.439 e. The van der Waals surface area contributed by atoms with Gasteiger partial charge in [0.05, 0.1) is 9.82 Å². The van der Waals surface area contributed by atoms with Crippen molar-refractivity contribution in [1.82, 2.24) is 4.98 Å². The zero-order valence-corrected chi connectivity index (χ0v) is 15.6. The number of nitro groups is 1. The number of rotatable bonds is 7. The van der Waals surface area contributed by atoms with Crippen molar-refractivity contribution in [2.45, 2.75) is 11.4 Å². The number of sulfonamides is 1. The van der Waals surface area contributed by atoms with E-state index in [4.69, 9.17) is 9.88 Å². The van der Waals surface area contributed by atoms with Crippen molar-refractivity contribution >= 4 is 21.4 Å². The van der Waals surface area contributed by atoms with E-state index in [0.717, 1.165) is 6.07 Å². The maximum Gasteiger partial charge on any atom is 0.293 e. The predicted molar refractivity (Wildman–Crippen MR) is 103 cm³/mol. The molecule has 9 nitrogen and oxygen atoms in total. The van der Waals surface area contributed by atoms with Crippen molar-refractivity contribution in [2.75, 3.05) is 5.32 Å². The van der Waals surface area contributed by atoms with Gasteiger partial charge in [0.2, 0.25) is 15.9 Å². The fourth-order valence-corrected chi connectivity index (χ4v) is 2.96. The SMILES string of the molecule is NS(=O)(=O)c1ccc(NCc2ccnc(Oc3ccc(F)cc3)c2)c([N+](=O)[O-])c1. The summed E-state index contributed by atoms with van der Waals surface area (Å²) in [5.41, 5.74) is 0.399. The largest absolute Gasteiger partial charge is 0.439 e. The number of hydrogen-bond acceptors (Lipinski definition) is 7. The average molecular weight is 418 g/mol. The normalized spacial score (nSPS) is 11.1. The number of hydrogen-bond donors (Lipinski definition) is 2. The maximum atomic E-state index is 13.0. The average Bonchev–Trinajstić information content (AvgIpc) is 2.67. The summed E-state index contributed by atoms with van der Waals surface area (Å²) in [5, 5.41) is 19.2. The standard InChI is InChI=1S/C18H15FN4O5S/c19-13-1-3-14(4-2-13)28-18-9-12(7-8-21-18)11-22-16-6-5-15(29(20,26)27)10-17(16)23(24)25/h1-10,22H,11H2,(H2,20,26,27). The molecule has 3 aromatic rings. The number of nitrogens with zero attached hydrogens (tertiary/aromatic N) is 2. The predicted octanol–water partition coefficient (Wildman–Crippen LogP) is 3.18. The molecule has 0 bridgehead atoms. The zero-order chi connectivity index (χ0) is 21.0. The Hall–Kier alpha value is -3.57. The Morgan fingerprint density at radius 1 is 1.14 bits per heavy atom. The van der Waals surface area contributed by atoms with Crippen LogP contribution in [-0.4, -0.2) is 18.3 Å². The molecule has 2 aromatic carbocycles. The summed E-state index contributed by atoms with van der Waals surface area (Å²) in [6.45, 7) is 0.178. The highest BCUT2D eigenvalue weighted by Crippen LogP contribution is 2.28. The Kier molecular flexibility index (Phi) is 5.71. The molecule has 0 unspecified atom stereocenters. The monoisotopic (exact) mass is 418 g/mol. The highest BCUT2D eigenvalue weighted by Gasteiger charge is 2.19. The molecule has 150 valence electrons. The second kappa shape index (κ2) is 8.20. The number of aromatic nitrogens is 1. The smallest absolute Gasteiger partial charge is 0.293 e. The van der Waals surface area contributed by atoms with E-state index < -0.39 is 26.5 Å². The Labute approximate surface area is 165 Å². The third kappa shape index (κ3) is 5.24. The first kappa shape index (κ1) is 20.2. The van der Waals surface area contributed by atoms with Gasteiger partial charge in [0.15, 0.2) is 0 Å². The summed E-state index contributed by atoms with van der Waals surface area (Å²) in [6.07, 6.45) is 1.49. The van der Waals surface area contributed by atoms with Crippen LogP contribution in [-0.2, 0) is 16.6 Å². The molecule has 0 spiro atoms. The van der Waals surface area contributed by atoms with Gasteiger partial charge in [-0.3, -0.25) is 10.1 Å². The first-order valence-corrected chi connectivity index (χ1v) is 9.70. The first-order chi connectivity index (χ1) is 13.7. The van der Waals surface area contributed by atoms with Crippen LogP contribution in [0.1, 0.15) is 5.56 Å². The summed E-state index contributed by atoms with van der Waals surface area (Å²) >= 11 is 0. The van der Waals surface area contributed by atoms with E-state index in [0.29, 0.717) is 11.3 Å². The van der Waals surface area contributed by atoms with Crippen molar-refractivity contribution in [3.8, 4) is 11.6 Å². The van der Waals surface area contributed by atoms with Gasteiger partial charge in [-0.1, -0.05) is 0 Å². The van der Waals surface area contributed by atoms with E-state index in [-0.39, 0.29) is 23.0 Å². The van der Waals surface area contributed by atoms with Crippen LogP contribution in [0.4, 0.5) is 15.8 Å². The molecule has 0 saturated carbocycles. The number of anilines is 1. The third-order valence-corrected chi connectivity index (χ3v) is 4.72. The van der Waals surface area contributed by atoms with E-state index in [9.17, 15) is 22.9 Å². The summed E-state index contributed by atoms with van der Waals surface area (Å²) < 4.78 is 41.3. The molecule has 29 heavy (non-hydrogen) atoms. The number of nitrogens with one attached hydrogen (secondary N) is 1. The molecule has 3 N–H and O–H groups in total. The van der Waals surface area contributed by atoms with Gasteiger partial charge in [-0.05, 0) is 48.0 Å². The van der Waals surface area contributed by atoms with E-state index >= 15 is 0 Å². The number of ether oxygens (including phenoxy) is 1. The molecule has 3 rings (SSSR count). The van der Waals surface area contributed by atoms with Gasteiger partial charge in [-0.15, -0.1) is 0 Å². The fourth-order valence-electron chi connectivity index (χ4n) is 2.43. The number of pyridine rings is 1. The molecule has 0 aliphatic heterocycles. The van der Waals surface area contributed by atoms with Gasteiger partial charge in [-0.2, -0.15) is 0 Å². The number of nitrogens with two attached hydrogens (primary N) is 1. The molecule has 0 saturated heterocycles. The third-order valence-electron chi connectivity index (χ3n) is 3.81. The van der Waals surface area contributed by atoms with Crippen molar-refractivity contribution in [3.05, 3.63) is 82.3 Å². The van der Waals surface area contributed by atoms with Crippen molar-refractivity contribution < 1.29 is 22.5 Å². The lowest BCUT2D eigenvalue weighted by atomic mass is 10.2. The van der Waals surface area contributed by atoms with E-state index in [1.807, 2.05) is 0 Å². The quantitative estimate of drug-likeness (QED) is 0.444. The molecule has 0 amide bonds. The van der Waals surface area contributed by atoms with Crippen LogP contribution >= 0.6 is 0 Å². The maximum absolute atomic E-state index is 13.0. The lowest BCUT2D eigenvalue weighted by Crippen LogP contribution is -2.13. The molecule has 0 aliphatic carbocycles. The van der Waals surface area contributed by atoms with Crippen LogP contribution in [0.5, 0.6) is 11.6 Å². The lowest BCUT2D eigenvalue weighted by Gasteiger charge is -2.10. The first-order valence-electron chi connectivity index (χ1n) is 8.16. The Balaban J connectivity index is 1.76. The summed E-state index contributed by atoms with van der Waals surface area (Å²) in [6, 6.07) is 12.1. The summed E-state index contributed by atoms with van der Waals surface area (Å²) in [5.74, 6) is 0.270. The highest BCUT2D eigenvalue weighted by atomic mass is 32.2. The lowest BCUT2D eigenvalue weighted by molar-refractivity contribution is -0.384. The summed E-state index contributed by atoms with van der Waals surface area (Å²) in [7, 11) is -4.06. The van der Waals surface area contributed by atoms with Crippen LogP contribution in [0, 0.1) is 15.9 Å². The Bertz CT molecular complexity index is 1150. The molecule has 0 aliphatic rings. The number of primary sulfonamides is 1. The molecule has 1 heterocycles. The number of nitro benzene ring substituents is 1. The van der Waals surface area contributed by atoms with Gasteiger partial charge in [-0.25, -0.2) is 22.9 Å². The van der Waals surface area contributed by atoms with E-state index in [2.05, 4.69) is 10.3 Å². The van der Waals surface area contributed by atoms with E-state index in [1.54, 1.807) is 12.1 Å². The highest BCUT2D eigenvalue weighted by molar-refractivity contribution is 7.89. The minimum atomic E-state index is -4.06. The molecular formula is C18H15FN4O5S. The van der Waals surface area contributed by atoms with Crippen molar-refractivity contribution in [3.63, 3.8) is 0 Å². The second-order valence-corrected chi connectivity index (χ2v) is 7.45. The summed E-state index contributed by atoms with van der Waals surface area (Å²) in [4.78, 5) is 14.3. The van der Waals surface area contributed by atoms with Gasteiger partial charge in [0, 0.05) is 24.9 Å². The fraction of sp³-hybridized carbons (Fsp3) is 0.0556. The van der Waals surface area contributed by atoms with Crippen LogP contribution in [0.3, 0.4) is 0 Å². The number of benzene rings is 2. The molecular weight excluding hydrogens is 403 g/mol. The van der Waals surface area contributed by atoms with Crippen LogP contribution < -0.4 is 15.2 Å². The van der Waals surface area contributed by atoms with Crippen molar-refractivity contribution in [1.29, 1.82) is 0 Å². The molecule has 0 atom stereocenters. The Morgan fingerprint density at radius 3 is 2.52 bits per heavy atom. The molecule has 0 radical (unpaired) electrons. The van der Waals surface area contributed by atoms with Crippen LogP contribution in [0.15, 0.2) is 65.7 Å². The van der Waals surface area contributed by atoms with Gasteiger partial charge in [0.25, 0.3) is 5.69 Å². The molecule has 11 heteroatoms. The molecule has 1 aromatic heterocycles.